The highest BCUT2D eigenvalue weighted by Crippen LogP contribution is 2.23. The van der Waals surface area contributed by atoms with Gasteiger partial charge in [-0.3, -0.25) is 9.69 Å². The third-order valence-corrected chi connectivity index (χ3v) is 3.70. The Balaban J connectivity index is 2.29. The van der Waals surface area contributed by atoms with Crippen LogP contribution in [-0.2, 0) is 0 Å². The number of pyridine rings is 1. The fourth-order valence-electron chi connectivity index (χ4n) is 2.49. The normalized spacial score (nSPS) is 20.5. The van der Waals surface area contributed by atoms with Crippen molar-refractivity contribution >= 4 is 17.4 Å². The lowest BCUT2D eigenvalue weighted by Gasteiger charge is -2.40. The van der Waals surface area contributed by atoms with Gasteiger partial charge in [0.15, 0.2) is 0 Å². The first-order valence-electron chi connectivity index (χ1n) is 6.53. The van der Waals surface area contributed by atoms with Crippen LogP contribution in [0.25, 0.3) is 0 Å². The van der Waals surface area contributed by atoms with Gasteiger partial charge >= 0.3 is 0 Å². The molecule has 2 rings (SSSR count). The number of nitrogens with two attached hydrogens (primary N) is 2. The highest BCUT2D eigenvalue weighted by Gasteiger charge is 2.26. The Morgan fingerprint density at radius 1 is 1.53 bits per heavy atom. The van der Waals surface area contributed by atoms with E-state index >= 15 is 0 Å². The summed E-state index contributed by atoms with van der Waals surface area (Å²) < 4.78 is 0. The Morgan fingerprint density at radius 3 is 2.89 bits per heavy atom. The summed E-state index contributed by atoms with van der Waals surface area (Å²) in [7, 11) is 2.12. The summed E-state index contributed by atoms with van der Waals surface area (Å²) in [5.41, 5.74) is 11.9. The van der Waals surface area contributed by atoms with Crippen LogP contribution in [0, 0.1) is 0 Å². The molecule has 0 aromatic carbocycles. The molecule has 104 valence electrons. The largest absolute Gasteiger partial charge is 0.397 e. The monoisotopic (exact) mass is 263 g/mol. The number of piperazine rings is 1. The minimum absolute atomic E-state index is 0.402. The number of likely N-dealkylation sites (N-methyl/N-ethyl adjacent to an activating group) is 1. The van der Waals surface area contributed by atoms with Crippen LogP contribution >= 0.6 is 0 Å². The minimum Gasteiger partial charge on any atom is -0.397 e. The first-order chi connectivity index (χ1) is 9.02. The second kappa shape index (κ2) is 5.44. The highest BCUT2D eigenvalue weighted by atomic mass is 16.1. The number of rotatable bonds is 3. The SMILES string of the molecule is CCC1CN(c2ncc(N)cc2C(N)=O)CCN1C. The van der Waals surface area contributed by atoms with Gasteiger partial charge in [0, 0.05) is 25.7 Å². The van der Waals surface area contributed by atoms with Crippen LogP contribution in [0.2, 0.25) is 0 Å². The summed E-state index contributed by atoms with van der Waals surface area (Å²) in [5.74, 6) is 0.162. The van der Waals surface area contributed by atoms with E-state index in [1.54, 1.807) is 12.3 Å². The second-order valence-corrected chi connectivity index (χ2v) is 4.99. The van der Waals surface area contributed by atoms with Gasteiger partial charge in [-0.1, -0.05) is 6.92 Å². The molecule has 0 saturated carbocycles. The van der Waals surface area contributed by atoms with Crippen molar-refractivity contribution in [3.8, 4) is 0 Å². The van der Waals surface area contributed by atoms with E-state index < -0.39 is 5.91 Å². The predicted octanol–water partition coefficient (Wildman–Crippen LogP) is 0.293. The maximum atomic E-state index is 11.5. The highest BCUT2D eigenvalue weighted by molar-refractivity contribution is 5.98. The fourth-order valence-corrected chi connectivity index (χ4v) is 2.49. The number of nitrogens with zero attached hydrogens (tertiary/aromatic N) is 3. The van der Waals surface area contributed by atoms with Crippen molar-refractivity contribution in [2.75, 3.05) is 37.3 Å². The molecule has 4 N–H and O–H groups in total. The Bertz CT molecular complexity index is 476. The number of amides is 1. The Morgan fingerprint density at radius 2 is 2.26 bits per heavy atom. The molecule has 1 aromatic rings. The van der Waals surface area contributed by atoms with Gasteiger partial charge in [0.1, 0.15) is 5.82 Å². The van der Waals surface area contributed by atoms with Crippen LogP contribution in [0.15, 0.2) is 12.3 Å². The van der Waals surface area contributed by atoms with Crippen LogP contribution in [0.3, 0.4) is 0 Å². The van der Waals surface area contributed by atoms with E-state index in [0.717, 1.165) is 26.1 Å². The summed E-state index contributed by atoms with van der Waals surface area (Å²) in [6.45, 7) is 4.80. The average molecular weight is 263 g/mol. The third kappa shape index (κ3) is 2.78. The number of hydrogen-bond donors (Lipinski definition) is 2. The molecule has 2 heterocycles. The topological polar surface area (TPSA) is 88.5 Å². The Hall–Kier alpha value is -1.82. The van der Waals surface area contributed by atoms with E-state index in [9.17, 15) is 4.79 Å². The molecule has 1 saturated heterocycles. The summed E-state index contributed by atoms with van der Waals surface area (Å²) in [5, 5.41) is 0. The van der Waals surface area contributed by atoms with Gasteiger partial charge in [-0.2, -0.15) is 0 Å². The number of anilines is 2. The molecule has 6 heteroatoms. The van der Waals surface area contributed by atoms with Crippen molar-refractivity contribution in [1.82, 2.24) is 9.88 Å². The molecule has 1 aliphatic heterocycles. The molecule has 0 spiro atoms. The lowest BCUT2D eigenvalue weighted by atomic mass is 10.1. The lowest BCUT2D eigenvalue weighted by molar-refractivity contribution is 0.1000. The van der Waals surface area contributed by atoms with Crippen LogP contribution in [0.5, 0.6) is 0 Å². The quantitative estimate of drug-likeness (QED) is 0.818. The fraction of sp³-hybridized carbons (Fsp3) is 0.538. The predicted molar refractivity (Wildman–Crippen MR) is 76.1 cm³/mol. The van der Waals surface area contributed by atoms with Gasteiger partial charge in [0.25, 0.3) is 5.91 Å². The van der Waals surface area contributed by atoms with Gasteiger partial charge in [0.05, 0.1) is 17.4 Å². The molecule has 19 heavy (non-hydrogen) atoms. The van der Waals surface area contributed by atoms with E-state index in [4.69, 9.17) is 11.5 Å². The zero-order valence-corrected chi connectivity index (χ0v) is 11.5. The van der Waals surface area contributed by atoms with Crippen molar-refractivity contribution in [2.45, 2.75) is 19.4 Å². The molecule has 1 amide bonds. The molecule has 1 fully saturated rings. The first-order valence-corrected chi connectivity index (χ1v) is 6.53. The van der Waals surface area contributed by atoms with Crippen LogP contribution < -0.4 is 16.4 Å². The number of hydrogen-bond acceptors (Lipinski definition) is 5. The second-order valence-electron chi connectivity index (χ2n) is 4.99. The first kappa shape index (κ1) is 13.6. The summed E-state index contributed by atoms with van der Waals surface area (Å²) in [4.78, 5) is 20.3. The number of carbonyl (C=O) groups excluding carboxylic acids is 1. The van der Waals surface area contributed by atoms with E-state index in [1.807, 2.05) is 0 Å². The van der Waals surface area contributed by atoms with E-state index in [0.29, 0.717) is 23.1 Å². The zero-order chi connectivity index (χ0) is 14.0. The molecule has 0 aliphatic carbocycles. The van der Waals surface area contributed by atoms with Crippen molar-refractivity contribution < 1.29 is 4.79 Å². The van der Waals surface area contributed by atoms with Gasteiger partial charge in [-0.15, -0.1) is 0 Å². The molecular weight excluding hydrogens is 242 g/mol. The van der Waals surface area contributed by atoms with Crippen molar-refractivity contribution in [3.63, 3.8) is 0 Å². The van der Waals surface area contributed by atoms with E-state index in [1.165, 1.54) is 0 Å². The van der Waals surface area contributed by atoms with Gasteiger partial charge < -0.3 is 16.4 Å². The Kier molecular flexibility index (Phi) is 3.90. The standard InChI is InChI=1S/C13H21N5O/c1-3-10-8-18(5-4-17(10)2)13-11(12(15)19)6-9(14)7-16-13/h6-7,10H,3-5,8,14H2,1-2H3,(H2,15,19). The molecule has 1 atom stereocenters. The smallest absolute Gasteiger partial charge is 0.252 e. The molecule has 0 bridgehead atoms. The van der Waals surface area contributed by atoms with Crippen LogP contribution in [-0.4, -0.2) is 48.5 Å². The van der Waals surface area contributed by atoms with Gasteiger partial charge in [-0.25, -0.2) is 4.98 Å². The molecule has 0 radical (unpaired) electrons. The molecule has 1 unspecified atom stereocenters. The third-order valence-electron chi connectivity index (χ3n) is 3.70. The van der Waals surface area contributed by atoms with Crippen LogP contribution in [0.4, 0.5) is 11.5 Å². The van der Waals surface area contributed by atoms with E-state index in [-0.39, 0.29) is 0 Å². The van der Waals surface area contributed by atoms with Crippen molar-refractivity contribution in [3.05, 3.63) is 17.8 Å². The van der Waals surface area contributed by atoms with Crippen molar-refractivity contribution in [2.24, 2.45) is 5.73 Å². The van der Waals surface area contributed by atoms with Gasteiger partial charge in [-0.05, 0) is 19.5 Å². The maximum absolute atomic E-state index is 11.5. The number of primary amides is 1. The summed E-state index contributed by atoms with van der Waals surface area (Å²) in [6.07, 6.45) is 2.63. The molecule has 1 aliphatic rings. The number of aromatic nitrogens is 1. The Labute approximate surface area is 113 Å². The van der Waals surface area contributed by atoms with Crippen LogP contribution in [0.1, 0.15) is 23.7 Å². The van der Waals surface area contributed by atoms with Crippen molar-refractivity contribution in [1.29, 1.82) is 0 Å². The average Bonchev–Trinajstić information content (AvgIpc) is 2.39. The molecular formula is C13H21N5O. The maximum Gasteiger partial charge on any atom is 0.252 e. The number of nitrogen functional groups attached to an aromatic ring is 1. The molecule has 6 nitrogen and oxygen atoms in total. The summed E-state index contributed by atoms with van der Waals surface area (Å²) in [6, 6.07) is 2.07. The summed E-state index contributed by atoms with van der Waals surface area (Å²) >= 11 is 0. The lowest BCUT2D eigenvalue weighted by Crippen LogP contribution is -2.51. The van der Waals surface area contributed by atoms with Gasteiger partial charge in [0.2, 0.25) is 0 Å². The minimum atomic E-state index is -0.484. The molecule has 1 aromatic heterocycles. The van der Waals surface area contributed by atoms with E-state index in [2.05, 4.69) is 28.8 Å². The number of carbonyl (C=O) groups is 1. The zero-order valence-electron chi connectivity index (χ0n) is 11.5.